The Labute approximate surface area is 111 Å². The predicted octanol–water partition coefficient (Wildman–Crippen LogP) is 0.723. The van der Waals surface area contributed by atoms with Crippen molar-refractivity contribution in [2.45, 2.75) is 12.5 Å². The van der Waals surface area contributed by atoms with Gasteiger partial charge in [-0.1, -0.05) is 30.3 Å². The summed E-state index contributed by atoms with van der Waals surface area (Å²) in [7, 11) is 0. The molecule has 0 spiro atoms. The number of nitrogens with two attached hydrogens (primary N) is 1. The lowest BCUT2D eigenvalue weighted by molar-refractivity contribution is -0.118. The molecule has 2 aliphatic rings. The molecule has 0 aliphatic carbocycles. The molecule has 0 bridgehead atoms. The largest absolute Gasteiger partial charge is 0.290 e. The highest BCUT2D eigenvalue weighted by Crippen LogP contribution is 2.20. The van der Waals surface area contributed by atoms with Gasteiger partial charge in [0.2, 0.25) is 5.78 Å². The summed E-state index contributed by atoms with van der Waals surface area (Å²) in [4.78, 5) is 20.8. The first-order chi connectivity index (χ1) is 9.25. The third-order valence-corrected chi connectivity index (χ3v) is 3.23. The molecule has 2 heterocycles. The van der Waals surface area contributed by atoms with Crippen molar-refractivity contribution in [3.05, 3.63) is 47.2 Å². The average Bonchev–Trinajstić information content (AvgIpc) is 2.43. The summed E-state index contributed by atoms with van der Waals surface area (Å²) >= 11 is 0. The Bertz CT molecular complexity index is 589. The van der Waals surface area contributed by atoms with Crippen LogP contribution in [-0.2, 0) is 11.2 Å². The van der Waals surface area contributed by atoms with Crippen molar-refractivity contribution in [2.24, 2.45) is 15.8 Å². The first-order valence-corrected chi connectivity index (χ1v) is 6.13. The molecule has 0 radical (unpaired) electrons. The molecule has 0 aromatic heterocycles. The van der Waals surface area contributed by atoms with Gasteiger partial charge in [0.15, 0.2) is 0 Å². The number of ketones is 1. The number of hydrogen-bond acceptors (Lipinski definition) is 5. The zero-order chi connectivity index (χ0) is 13.2. The number of aliphatic imine (C=N–C) groups is 2. The lowest BCUT2D eigenvalue weighted by Gasteiger charge is -2.28. The van der Waals surface area contributed by atoms with Crippen LogP contribution in [0.1, 0.15) is 5.56 Å². The molecule has 3 rings (SSSR count). The molecule has 5 nitrogen and oxygen atoms in total. The number of allylic oxidation sites excluding steroid dienone is 1. The molecule has 1 atom stereocenters. The quantitative estimate of drug-likeness (QED) is 0.791. The maximum absolute atomic E-state index is 12.4. The van der Waals surface area contributed by atoms with Crippen molar-refractivity contribution in [1.29, 1.82) is 0 Å². The molecule has 0 amide bonds. The van der Waals surface area contributed by atoms with Gasteiger partial charge in [-0.3, -0.25) is 19.8 Å². The molecule has 1 aromatic carbocycles. The average molecular weight is 254 g/mol. The molecule has 2 N–H and O–H groups in total. The van der Waals surface area contributed by atoms with Crippen molar-refractivity contribution < 1.29 is 4.79 Å². The molecular weight excluding hydrogens is 240 g/mol. The van der Waals surface area contributed by atoms with Crippen molar-refractivity contribution in [3.63, 3.8) is 0 Å². The number of dihydropyridines is 1. The van der Waals surface area contributed by atoms with E-state index in [1.165, 1.54) is 5.01 Å². The summed E-state index contributed by atoms with van der Waals surface area (Å²) in [6.45, 7) is 0.316. The Hall–Kier alpha value is -2.27. The summed E-state index contributed by atoms with van der Waals surface area (Å²) in [6, 6.07) is 9.47. The van der Waals surface area contributed by atoms with Crippen LogP contribution in [0.2, 0.25) is 0 Å². The third kappa shape index (κ3) is 2.20. The number of benzene rings is 1. The van der Waals surface area contributed by atoms with Crippen LogP contribution in [0.15, 0.2) is 51.6 Å². The van der Waals surface area contributed by atoms with Crippen LogP contribution in [0.5, 0.6) is 0 Å². The van der Waals surface area contributed by atoms with Gasteiger partial charge in [0, 0.05) is 24.4 Å². The van der Waals surface area contributed by atoms with E-state index in [4.69, 9.17) is 5.84 Å². The standard InChI is InChI=1S/C14H14N4O/c15-18-9-16-7-11-8-17-12(14(19)13(11)18)6-10-4-2-1-3-5-10/h1-5,7-8,12H,6,9,15H2. The Kier molecular flexibility index (Phi) is 2.97. The van der Waals surface area contributed by atoms with Crippen molar-refractivity contribution in [3.8, 4) is 0 Å². The predicted molar refractivity (Wildman–Crippen MR) is 73.8 cm³/mol. The molecule has 19 heavy (non-hydrogen) atoms. The fraction of sp³-hybridized carbons (Fsp3) is 0.214. The van der Waals surface area contributed by atoms with E-state index in [-0.39, 0.29) is 5.78 Å². The van der Waals surface area contributed by atoms with E-state index in [2.05, 4.69) is 9.98 Å². The van der Waals surface area contributed by atoms with Gasteiger partial charge in [-0.2, -0.15) is 0 Å². The summed E-state index contributed by atoms with van der Waals surface area (Å²) < 4.78 is 0. The summed E-state index contributed by atoms with van der Waals surface area (Å²) in [5.41, 5.74) is 2.31. The van der Waals surface area contributed by atoms with E-state index in [0.29, 0.717) is 24.4 Å². The van der Waals surface area contributed by atoms with E-state index < -0.39 is 6.04 Å². The SMILES string of the molecule is NN1CN=CC2=C1C(=O)C(Cc1ccccc1)N=C2. The lowest BCUT2D eigenvalue weighted by atomic mass is 9.96. The molecule has 0 saturated heterocycles. The Morgan fingerprint density at radius 2 is 2.05 bits per heavy atom. The number of hydrogen-bond donors (Lipinski definition) is 1. The topological polar surface area (TPSA) is 71.0 Å². The molecule has 0 fully saturated rings. The normalized spacial score (nSPS) is 21.8. The first kappa shape index (κ1) is 11.8. The number of rotatable bonds is 2. The molecule has 2 aliphatic heterocycles. The van der Waals surface area contributed by atoms with Gasteiger partial charge in [-0.15, -0.1) is 0 Å². The fourth-order valence-corrected chi connectivity index (χ4v) is 2.28. The number of carbonyl (C=O) groups is 1. The minimum Gasteiger partial charge on any atom is -0.290 e. The van der Waals surface area contributed by atoms with Gasteiger partial charge in [0.25, 0.3) is 0 Å². The summed E-state index contributed by atoms with van der Waals surface area (Å²) in [5.74, 6) is 5.78. The molecule has 96 valence electrons. The van der Waals surface area contributed by atoms with Crippen LogP contribution in [0.25, 0.3) is 0 Å². The number of nitrogens with zero attached hydrogens (tertiary/aromatic N) is 3. The van der Waals surface area contributed by atoms with Crippen molar-refractivity contribution in [2.75, 3.05) is 6.67 Å². The minimum absolute atomic E-state index is 0.0324. The maximum atomic E-state index is 12.4. The summed E-state index contributed by atoms with van der Waals surface area (Å²) in [5, 5.41) is 1.39. The van der Waals surface area contributed by atoms with Crippen LogP contribution in [0, 0.1) is 0 Å². The van der Waals surface area contributed by atoms with Crippen LogP contribution < -0.4 is 5.84 Å². The van der Waals surface area contributed by atoms with Crippen molar-refractivity contribution >= 4 is 18.2 Å². The molecule has 5 heteroatoms. The second kappa shape index (κ2) is 4.78. The second-order valence-corrected chi connectivity index (χ2v) is 4.57. The number of hydrazine groups is 1. The molecular formula is C14H14N4O. The zero-order valence-corrected chi connectivity index (χ0v) is 10.4. The smallest absolute Gasteiger partial charge is 0.205 e. The van der Waals surface area contributed by atoms with Gasteiger partial charge in [0.1, 0.15) is 18.4 Å². The monoisotopic (exact) mass is 254 g/mol. The van der Waals surface area contributed by atoms with Gasteiger partial charge < -0.3 is 0 Å². The highest BCUT2D eigenvalue weighted by Gasteiger charge is 2.30. The third-order valence-electron chi connectivity index (χ3n) is 3.23. The van der Waals surface area contributed by atoms with Crippen LogP contribution >= 0.6 is 0 Å². The number of Topliss-reactive ketones (excluding diaryl/α,β-unsaturated/α-hetero) is 1. The number of carbonyl (C=O) groups excluding carboxylic acids is 1. The van der Waals surface area contributed by atoms with Gasteiger partial charge in [-0.05, 0) is 5.56 Å². The van der Waals surface area contributed by atoms with Crippen molar-refractivity contribution in [1.82, 2.24) is 5.01 Å². The minimum atomic E-state index is -0.390. The highest BCUT2D eigenvalue weighted by atomic mass is 16.1. The van der Waals surface area contributed by atoms with Gasteiger partial charge in [-0.25, -0.2) is 5.84 Å². The molecule has 1 aromatic rings. The molecule has 1 unspecified atom stereocenters. The van der Waals surface area contributed by atoms with E-state index in [1.54, 1.807) is 12.4 Å². The van der Waals surface area contributed by atoms with Crippen LogP contribution in [0.4, 0.5) is 0 Å². The first-order valence-electron chi connectivity index (χ1n) is 6.13. The Balaban J connectivity index is 1.84. The van der Waals surface area contributed by atoms with Crippen LogP contribution in [0.3, 0.4) is 0 Å². The van der Waals surface area contributed by atoms with E-state index in [9.17, 15) is 4.79 Å². The van der Waals surface area contributed by atoms with Crippen LogP contribution in [-0.4, -0.2) is 35.9 Å². The lowest BCUT2D eigenvalue weighted by Crippen LogP contribution is -2.43. The maximum Gasteiger partial charge on any atom is 0.205 e. The fourth-order valence-electron chi connectivity index (χ4n) is 2.28. The second-order valence-electron chi connectivity index (χ2n) is 4.57. The van der Waals surface area contributed by atoms with Gasteiger partial charge >= 0.3 is 0 Å². The Morgan fingerprint density at radius 1 is 1.26 bits per heavy atom. The highest BCUT2D eigenvalue weighted by molar-refractivity contribution is 6.17. The van der Waals surface area contributed by atoms with E-state index in [0.717, 1.165) is 5.56 Å². The van der Waals surface area contributed by atoms with Gasteiger partial charge in [0.05, 0.1) is 0 Å². The van der Waals surface area contributed by atoms with E-state index >= 15 is 0 Å². The van der Waals surface area contributed by atoms with E-state index in [1.807, 2.05) is 30.3 Å². The molecule has 0 saturated carbocycles. The summed E-state index contributed by atoms with van der Waals surface area (Å²) in [6.07, 6.45) is 3.93. The zero-order valence-electron chi connectivity index (χ0n) is 10.4. The Morgan fingerprint density at radius 3 is 2.84 bits per heavy atom.